The summed E-state index contributed by atoms with van der Waals surface area (Å²) in [5, 5.41) is 3.91. The van der Waals surface area contributed by atoms with Crippen molar-refractivity contribution in [2.75, 3.05) is 46.5 Å². The number of carbonyl (C=O) groups is 1. The Hall–Kier alpha value is -1.43. The van der Waals surface area contributed by atoms with E-state index in [2.05, 4.69) is 40.5 Å². The van der Waals surface area contributed by atoms with E-state index in [4.69, 9.17) is 9.47 Å². The van der Waals surface area contributed by atoms with Crippen molar-refractivity contribution in [1.29, 1.82) is 0 Å². The van der Waals surface area contributed by atoms with Gasteiger partial charge in [0.25, 0.3) is 0 Å². The molecule has 176 valence electrons. The molecule has 0 aromatic heterocycles. The highest BCUT2D eigenvalue weighted by molar-refractivity contribution is 5.80. The molecule has 3 aliphatic carbocycles. The summed E-state index contributed by atoms with van der Waals surface area (Å²) in [6, 6.07) is 11.5. The maximum atomic E-state index is 12.2. The molecule has 0 spiro atoms. The third-order valence-corrected chi connectivity index (χ3v) is 8.66. The zero-order chi connectivity index (χ0) is 22.0. The van der Waals surface area contributed by atoms with E-state index in [1.54, 1.807) is 0 Å². The average molecular weight is 441 g/mol. The van der Waals surface area contributed by atoms with E-state index in [-0.39, 0.29) is 16.8 Å². The molecule has 1 aromatic rings. The molecule has 5 heteroatoms. The summed E-state index contributed by atoms with van der Waals surface area (Å²) in [5.74, 6) is 1.44. The first-order chi connectivity index (χ1) is 15.6. The van der Waals surface area contributed by atoms with Crippen molar-refractivity contribution in [3.8, 4) is 0 Å². The molecule has 1 unspecified atom stereocenters. The van der Waals surface area contributed by atoms with Crippen LogP contribution in [0.3, 0.4) is 0 Å². The fourth-order valence-corrected chi connectivity index (χ4v) is 5.72. The lowest BCUT2D eigenvalue weighted by atomic mass is 9.78. The van der Waals surface area contributed by atoms with Crippen LogP contribution >= 0.6 is 0 Å². The zero-order valence-electron chi connectivity index (χ0n) is 19.7. The predicted octanol–water partition coefficient (Wildman–Crippen LogP) is 3.98. The number of rotatable bonds is 11. The second-order valence-electron chi connectivity index (χ2n) is 11.1. The normalized spacial score (nSPS) is 28.7. The number of hydrogen-bond donors (Lipinski definition) is 1. The summed E-state index contributed by atoms with van der Waals surface area (Å²) in [5.41, 5.74) is 1.46. The molecule has 0 bridgehead atoms. The van der Waals surface area contributed by atoms with Gasteiger partial charge in [-0.3, -0.25) is 4.79 Å². The summed E-state index contributed by atoms with van der Waals surface area (Å²) in [6.07, 6.45) is 9.56. The molecule has 5 rings (SSSR count). The van der Waals surface area contributed by atoms with Gasteiger partial charge in [-0.1, -0.05) is 36.8 Å². The highest BCUT2D eigenvalue weighted by atomic mass is 16.5. The summed E-state index contributed by atoms with van der Waals surface area (Å²) in [4.78, 5) is 14.7. The first-order valence-corrected chi connectivity index (χ1v) is 12.8. The Balaban J connectivity index is 1.14. The molecule has 4 fully saturated rings. The Morgan fingerprint density at radius 1 is 1.12 bits per heavy atom. The summed E-state index contributed by atoms with van der Waals surface area (Å²) >= 11 is 0. The van der Waals surface area contributed by atoms with Gasteiger partial charge in [0, 0.05) is 37.1 Å². The van der Waals surface area contributed by atoms with Gasteiger partial charge < -0.3 is 19.7 Å². The van der Waals surface area contributed by atoms with E-state index in [1.165, 1.54) is 38.4 Å². The Bertz CT molecular complexity index is 766. The van der Waals surface area contributed by atoms with Gasteiger partial charge in [0.15, 0.2) is 0 Å². The first kappa shape index (κ1) is 22.4. The largest absolute Gasteiger partial charge is 0.469 e. The Labute approximate surface area is 193 Å². The number of benzene rings is 1. The monoisotopic (exact) mass is 440 g/mol. The number of nitrogens with one attached hydrogen (secondary N) is 1. The van der Waals surface area contributed by atoms with Gasteiger partial charge in [-0.15, -0.1) is 0 Å². The number of hydrogen-bond acceptors (Lipinski definition) is 5. The number of likely N-dealkylation sites (tertiary alicyclic amines) is 1. The zero-order valence-corrected chi connectivity index (χ0v) is 19.7. The molecular weight excluding hydrogens is 400 g/mol. The van der Waals surface area contributed by atoms with Crippen molar-refractivity contribution >= 4 is 5.97 Å². The van der Waals surface area contributed by atoms with Crippen LogP contribution in [0.25, 0.3) is 0 Å². The second-order valence-corrected chi connectivity index (χ2v) is 11.1. The van der Waals surface area contributed by atoms with Gasteiger partial charge in [0.05, 0.1) is 19.1 Å². The van der Waals surface area contributed by atoms with E-state index in [0.29, 0.717) is 12.0 Å². The molecule has 2 atom stereocenters. The van der Waals surface area contributed by atoms with Crippen LogP contribution in [0.15, 0.2) is 30.3 Å². The van der Waals surface area contributed by atoms with Crippen molar-refractivity contribution < 1.29 is 14.3 Å². The van der Waals surface area contributed by atoms with E-state index >= 15 is 0 Å². The van der Waals surface area contributed by atoms with Crippen LogP contribution in [0.2, 0.25) is 0 Å². The van der Waals surface area contributed by atoms with Crippen LogP contribution < -0.4 is 5.32 Å². The lowest BCUT2D eigenvalue weighted by Crippen LogP contribution is -2.50. The SMILES string of the molecule is COC(=O)C1(CN2CCC(CN[C@@H]3CC3c3ccccc3)(COCC3CCC3)CC2)CC1. The number of piperidine rings is 1. The third-order valence-electron chi connectivity index (χ3n) is 8.66. The predicted molar refractivity (Wildman–Crippen MR) is 126 cm³/mol. The number of esters is 1. The van der Waals surface area contributed by atoms with Gasteiger partial charge in [0.1, 0.15) is 0 Å². The number of nitrogens with zero attached hydrogens (tertiary/aromatic N) is 1. The molecule has 1 aliphatic heterocycles. The molecule has 1 heterocycles. The van der Waals surface area contributed by atoms with Crippen LogP contribution in [0.5, 0.6) is 0 Å². The molecule has 0 amide bonds. The molecule has 32 heavy (non-hydrogen) atoms. The van der Waals surface area contributed by atoms with Crippen LogP contribution in [-0.2, 0) is 14.3 Å². The third kappa shape index (κ3) is 5.05. The van der Waals surface area contributed by atoms with Gasteiger partial charge in [-0.25, -0.2) is 0 Å². The van der Waals surface area contributed by atoms with E-state index in [0.717, 1.165) is 71.0 Å². The molecule has 1 N–H and O–H groups in total. The van der Waals surface area contributed by atoms with Crippen molar-refractivity contribution in [2.24, 2.45) is 16.7 Å². The van der Waals surface area contributed by atoms with Crippen LogP contribution in [0, 0.1) is 16.7 Å². The van der Waals surface area contributed by atoms with Crippen molar-refractivity contribution in [1.82, 2.24) is 10.2 Å². The fourth-order valence-electron chi connectivity index (χ4n) is 5.72. The highest BCUT2D eigenvalue weighted by Crippen LogP contribution is 2.48. The number of methoxy groups -OCH3 is 1. The Kier molecular flexibility index (Phi) is 6.60. The minimum absolute atomic E-state index is 0.0134. The summed E-state index contributed by atoms with van der Waals surface area (Å²) in [6.45, 7) is 5.83. The smallest absolute Gasteiger partial charge is 0.313 e. The average Bonchev–Trinajstić information content (AvgIpc) is 3.72. The van der Waals surface area contributed by atoms with Crippen molar-refractivity contribution in [2.45, 2.75) is 63.3 Å². The molecule has 0 radical (unpaired) electrons. The Morgan fingerprint density at radius 3 is 2.50 bits per heavy atom. The van der Waals surface area contributed by atoms with E-state index in [1.807, 2.05) is 0 Å². The fraction of sp³-hybridized carbons (Fsp3) is 0.741. The lowest BCUT2D eigenvalue weighted by Gasteiger charge is -2.43. The quantitative estimate of drug-likeness (QED) is 0.528. The van der Waals surface area contributed by atoms with Crippen LogP contribution in [0.1, 0.15) is 62.8 Å². The molecule has 1 saturated heterocycles. The molecular formula is C27H40N2O3. The molecule has 3 saturated carbocycles. The summed E-state index contributed by atoms with van der Waals surface area (Å²) < 4.78 is 11.4. The number of carbonyl (C=O) groups excluding carboxylic acids is 1. The maximum absolute atomic E-state index is 12.2. The van der Waals surface area contributed by atoms with Gasteiger partial charge in [0.2, 0.25) is 0 Å². The minimum Gasteiger partial charge on any atom is -0.469 e. The second kappa shape index (κ2) is 9.44. The standard InChI is InChI=1S/C27H40N2O3/c1-31-25(30)27(10-11-27)19-29-14-12-26(13-15-29,20-32-17-21-6-5-7-21)18-28-24-16-23(24)22-8-3-2-4-9-22/h2-4,8-9,21,23-24,28H,5-7,10-20H2,1H3/t23?,24-/m1/s1. The minimum atomic E-state index is -0.218. The van der Waals surface area contributed by atoms with Crippen molar-refractivity contribution in [3.05, 3.63) is 35.9 Å². The van der Waals surface area contributed by atoms with Crippen LogP contribution in [0.4, 0.5) is 0 Å². The molecule has 1 aromatic carbocycles. The molecule has 5 nitrogen and oxygen atoms in total. The topological polar surface area (TPSA) is 50.8 Å². The van der Waals surface area contributed by atoms with Crippen molar-refractivity contribution in [3.63, 3.8) is 0 Å². The number of ether oxygens (including phenoxy) is 2. The highest BCUT2D eigenvalue weighted by Gasteiger charge is 2.52. The van der Waals surface area contributed by atoms with Gasteiger partial charge >= 0.3 is 5.97 Å². The summed E-state index contributed by atoms with van der Waals surface area (Å²) in [7, 11) is 1.52. The maximum Gasteiger partial charge on any atom is 0.313 e. The first-order valence-electron chi connectivity index (χ1n) is 12.8. The molecule has 4 aliphatic rings. The van der Waals surface area contributed by atoms with E-state index in [9.17, 15) is 4.79 Å². The van der Waals surface area contributed by atoms with Gasteiger partial charge in [-0.2, -0.15) is 0 Å². The van der Waals surface area contributed by atoms with Crippen LogP contribution in [-0.4, -0.2) is 63.4 Å². The van der Waals surface area contributed by atoms with E-state index < -0.39 is 0 Å². The Morgan fingerprint density at radius 2 is 1.88 bits per heavy atom. The van der Waals surface area contributed by atoms with Gasteiger partial charge in [-0.05, 0) is 69.5 Å². The lowest BCUT2D eigenvalue weighted by molar-refractivity contribution is -0.148.